The lowest BCUT2D eigenvalue weighted by molar-refractivity contribution is -0.127. The van der Waals surface area contributed by atoms with Crippen LogP contribution in [0.3, 0.4) is 0 Å². The van der Waals surface area contributed by atoms with E-state index in [4.69, 9.17) is 4.74 Å². The first-order valence-corrected chi connectivity index (χ1v) is 7.75. The van der Waals surface area contributed by atoms with Crippen molar-refractivity contribution >= 4 is 0 Å². The van der Waals surface area contributed by atoms with Gasteiger partial charge in [0.2, 0.25) is 0 Å². The Kier molecular flexibility index (Phi) is 4.99. The van der Waals surface area contributed by atoms with Gasteiger partial charge in [-0.15, -0.1) is 0 Å². The number of hydrogen-bond donors (Lipinski definition) is 1. The molecule has 1 N–H and O–H groups in total. The van der Waals surface area contributed by atoms with Crippen molar-refractivity contribution in [3.63, 3.8) is 0 Å². The van der Waals surface area contributed by atoms with Gasteiger partial charge in [0.05, 0.1) is 6.10 Å². The molecule has 1 aliphatic rings. The Morgan fingerprint density at radius 2 is 2.10 bits per heavy atom. The molecule has 1 aliphatic carbocycles. The second-order valence-corrected chi connectivity index (χ2v) is 6.15. The van der Waals surface area contributed by atoms with E-state index in [2.05, 4.69) is 19.2 Å². The van der Waals surface area contributed by atoms with Crippen LogP contribution in [0.1, 0.15) is 52.1 Å². The van der Waals surface area contributed by atoms with E-state index in [0.717, 1.165) is 18.9 Å². The van der Waals surface area contributed by atoms with Crippen molar-refractivity contribution in [2.24, 2.45) is 5.41 Å². The molecule has 4 unspecified atom stereocenters. The molecule has 21 heavy (non-hydrogen) atoms. The molecule has 0 aromatic heterocycles. The van der Waals surface area contributed by atoms with Crippen molar-refractivity contribution in [3.05, 3.63) is 35.4 Å². The topological polar surface area (TPSA) is 21.3 Å². The van der Waals surface area contributed by atoms with Crippen molar-refractivity contribution < 1.29 is 13.5 Å². The van der Waals surface area contributed by atoms with E-state index < -0.39 is 5.82 Å². The molecule has 0 spiro atoms. The number of nitrogens with one attached hydrogen (secondary N) is 1. The third-order valence-electron chi connectivity index (χ3n) is 4.99. The molecule has 0 bridgehead atoms. The normalized spacial score (nSPS) is 30.0. The first-order valence-electron chi connectivity index (χ1n) is 7.75. The fourth-order valence-corrected chi connectivity index (χ4v) is 3.25. The van der Waals surface area contributed by atoms with Crippen LogP contribution in [0.2, 0.25) is 0 Å². The molecule has 0 amide bonds. The van der Waals surface area contributed by atoms with Crippen molar-refractivity contribution in [1.29, 1.82) is 0 Å². The highest BCUT2D eigenvalue weighted by Crippen LogP contribution is 2.46. The third-order valence-corrected chi connectivity index (χ3v) is 4.99. The van der Waals surface area contributed by atoms with Gasteiger partial charge in [0.15, 0.2) is 0 Å². The van der Waals surface area contributed by atoms with E-state index in [-0.39, 0.29) is 29.4 Å². The lowest BCUT2D eigenvalue weighted by atomic mass is 9.61. The molecule has 1 aromatic rings. The summed E-state index contributed by atoms with van der Waals surface area (Å²) in [5.41, 5.74) is 0.432. The Morgan fingerprint density at radius 3 is 2.71 bits per heavy atom. The molecule has 1 fully saturated rings. The van der Waals surface area contributed by atoms with E-state index >= 15 is 0 Å². The number of rotatable bonds is 6. The summed E-state index contributed by atoms with van der Waals surface area (Å²) >= 11 is 0. The lowest BCUT2D eigenvalue weighted by Gasteiger charge is -2.54. The summed E-state index contributed by atoms with van der Waals surface area (Å²) in [6.45, 7) is 8.93. The minimum absolute atomic E-state index is 0.0497. The van der Waals surface area contributed by atoms with Crippen LogP contribution in [-0.2, 0) is 4.74 Å². The van der Waals surface area contributed by atoms with Crippen LogP contribution >= 0.6 is 0 Å². The molecule has 1 saturated carbocycles. The first kappa shape index (κ1) is 16.4. The van der Waals surface area contributed by atoms with Crippen LogP contribution in [0, 0.1) is 17.0 Å². The van der Waals surface area contributed by atoms with Gasteiger partial charge in [-0.2, -0.15) is 0 Å². The quantitative estimate of drug-likeness (QED) is 0.849. The highest BCUT2D eigenvalue weighted by atomic mass is 19.1. The van der Waals surface area contributed by atoms with Gasteiger partial charge in [-0.25, -0.2) is 8.78 Å². The average molecular weight is 297 g/mol. The average Bonchev–Trinajstić information content (AvgIpc) is 2.47. The van der Waals surface area contributed by atoms with E-state index in [1.165, 1.54) is 12.1 Å². The Morgan fingerprint density at radius 1 is 1.38 bits per heavy atom. The van der Waals surface area contributed by atoms with Gasteiger partial charge >= 0.3 is 0 Å². The number of ether oxygens (including phenoxy) is 1. The third kappa shape index (κ3) is 3.11. The number of halogens is 2. The zero-order valence-corrected chi connectivity index (χ0v) is 13.2. The minimum atomic E-state index is -0.404. The highest BCUT2D eigenvalue weighted by molar-refractivity contribution is 5.22. The Bertz CT molecular complexity index is 494. The zero-order chi connectivity index (χ0) is 15.6. The Hall–Kier alpha value is -1.00. The maximum Gasteiger partial charge on any atom is 0.128 e. The van der Waals surface area contributed by atoms with Crippen LogP contribution in [0.5, 0.6) is 0 Å². The monoisotopic (exact) mass is 297 g/mol. The van der Waals surface area contributed by atoms with E-state index in [1.54, 1.807) is 0 Å². The second kappa shape index (κ2) is 6.41. The Labute approximate surface area is 125 Å². The van der Waals surface area contributed by atoms with Crippen molar-refractivity contribution in [1.82, 2.24) is 5.32 Å². The molecule has 4 atom stereocenters. The summed E-state index contributed by atoms with van der Waals surface area (Å²) in [7, 11) is 0. The van der Waals surface area contributed by atoms with Gasteiger partial charge in [-0.1, -0.05) is 13.8 Å². The fourth-order valence-electron chi connectivity index (χ4n) is 3.25. The molecule has 0 saturated heterocycles. The van der Waals surface area contributed by atoms with Crippen LogP contribution in [0.25, 0.3) is 0 Å². The summed E-state index contributed by atoms with van der Waals surface area (Å²) in [6, 6.07) is 3.65. The fraction of sp³-hybridized carbons (Fsp3) is 0.647. The van der Waals surface area contributed by atoms with Gasteiger partial charge in [0.1, 0.15) is 11.6 Å². The van der Waals surface area contributed by atoms with Crippen molar-refractivity contribution in [2.75, 3.05) is 6.61 Å². The maximum atomic E-state index is 13.8. The maximum absolute atomic E-state index is 13.8. The molecular formula is C17H25F2NO. The van der Waals surface area contributed by atoms with Crippen LogP contribution in [0.15, 0.2) is 18.2 Å². The molecule has 2 nitrogen and oxygen atoms in total. The van der Waals surface area contributed by atoms with Gasteiger partial charge in [0.25, 0.3) is 0 Å². The van der Waals surface area contributed by atoms with Gasteiger partial charge < -0.3 is 10.1 Å². The molecule has 118 valence electrons. The van der Waals surface area contributed by atoms with E-state index in [1.807, 2.05) is 13.8 Å². The summed E-state index contributed by atoms with van der Waals surface area (Å²) in [6.07, 6.45) is 2.15. The summed E-state index contributed by atoms with van der Waals surface area (Å²) < 4.78 is 32.9. The van der Waals surface area contributed by atoms with Gasteiger partial charge in [-0.05, 0) is 44.9 Å². The molecule has 0 heterocycles. The Balaban J connectivity index is 2.06. The van der Waals surface area contributed by atoms with Crippen LogP contribution in [-0.4, -0.2) is 18.8 Å². The summed E-state index contributed by atoms with van der Waals surface area (Å²) in [5.74, 6) is -0.769. The van der Waals surface area contributed by atoms with Crippen LogP contribution in [0.4, 0.5) is 8.78 Å². The molecule has 0 radical (unpaired) electrons. The first-order chi connectivity index (χ1) is 9.92. The highest BCUT2D eigenvalue weighted by Gasteiger charge is 2.51. The zero-order valence-electron chi connectivity index (χ0n) is 13.2. The van der Waals surface area contributed by atoms with E-state index in [9.17, 15) is 8.78 Å². The molecule has 1 aromatic carbocycles. The van der Waals surface area contributed by atoms with Crippen molar-refractivity contribution in [3.8, 4) is 0 Å². The standard InChI is InChI=1S/C17H25F2NO/c1-5-17(4)15(10-16(17)21-6-2)20-11(3)13-9-12(18)7-8-14(13)19/h7-9,11,15-16,20H,5-6,10H2,1-4H3. The number of benzene rings is 1. The molecule has 2 rings (SSSR count). The minimum Gasteiger partial charge on any atom is -0.378 e. The van der Waals surface area contributed by atoms with Gasteiger partial charge in [-0.3, -0.25) is 0 Å². The van der Waals surface area contributed by atoms with Crippen LogP contribution < -0.4 is 5.32 Å². The van der Waals surface area contributed by atoms with E-state index in [0.29, 0.717) is 12.2 Å². The predicted molar refractivity (Wildman–Crippen MR) is 80.1 cm³/mol. The predicted octanol–water partition coefficient (Wildman–Crippen LogP) is 4.21. The molecular weight excluding hydrogens is 272 g/mol. The lowest BCUT2D eigenvalue weighted by Crippen LogP contribution is -2.62. The number of hydrogen-bond acceptors (Lipinski definition) is 2. The summed E-state index contributed by atoms with van der Waals surface area (Å²) in [4.78, 5) is 0. The van der Waals surface area contributed by atoms with Gasteiger partial charge in [0, 0.05) is 29.7 Å². The molecule has 0 aliphatic heterocycles. The second-order valence-electron chi connectivity index (χ2n) is 6.15. The summed E-state index contributed by atoms with van der Waals surface area (Å²) in [5, 5.41) is 3.44. The molecule has 4 heteroatoms. The van der Waals surface area contributed by atoms with Crippen molar-refractivity contribution in [2.45, 2.75) is 58.7 Å². The SMILES string of the molecule is CCOC1CC(NC(C)c2cc(F)ccc2F)C1(C)CC. The smallest absolute Gasteiger partial charge is 0.128 e. The largest absolute Gasteiger partial charge is 0.378 e.